The molecule has 0 aliphatic heterocycles. The van der Waals surface area contributed by atoms with E-state index in [1.54, 1.807) is 23.5 Å². The second-order valence-corrected chi connectivity index (χ2v) is 10.9. The summed E-state index contributed by atoms with van der Waals surface area (Å²) in [4.78, 5) is 2.33. The van der Waals surface area contributed by atoms with E-state index in [9.17, 15) is 8.42 Å². The van der Waals surface area contributed by atoms with Gasteiger partial charge < -0.3 is 0 Å². The summed E-state index contributed by atoms with van der Waals surface area (Å²) in [6.45, 7) is 8.37. The van der Waals surface area contributed by atoms with E-state index in [0.29, 0.717) is 4.90 Å². The van der Waals surface area contributed by atoms with Crippen LogP contribution in [0.4, 0.5) is 0 Å². The van der Waals surface area contributed by atoms with Crippen molar-refractivity contribution in [3.63, 3.8) is 0 Å². The van der Waals surface area contributed by atoms with Gasteiger partial charge in [0.25, 0.3) is 0 Å². The fraction of sp³-hybridized carbons (Fsp3) is 0.273. The molecule has 0 N–H and O–H groups in total. The van der Waals surface area contributed by atoms with Crippen LogP contribution in [0.2, 0.25) is 0 Å². The van der Waals surface area contributed by atoms with Crippen molar-refractivity contribution in [3.8, 4) is 0 Å². The van der Waals surface area contributed by atoms with Gasteiger partial charge in [0.15, 0.2) is 9.84 Å². The zero-order valence-electron chi connectivity index (χ0n) is 15.6. The van der Waals surface area contributed by atoms with Crippen molar-refractivity contribution in [1.82, 2.24) is 0 Å². The van der Waals surface area contributed by atoms with Gasteiger partial charge in [-0.1, -0.05) is 63.2 Å². The maximum atomic E-state index is 13.5. The molecule has 0 saturated carbocycles. The third-order valence-corrected chi connectivity index (χ3v) is 7.77. The molecule has 1 heterocycles. The summed E-state index contributed by atoms with van der Waals surface area (Å²) in [6, 6.07) is 20.7. The lowest BCUT2D eigenvalue weighted by molar-refractivity contribution is 0.584. The van der Waals surface area contributed by atoms with Gasteiger partial charge in [-0.2, -0.15) is 0 Å². The van der Waals surface area contributed by atoms with Crippen molar-refractivity contribution in [1.29, 1.82) is 0 Å². The second-order valence-electron chi connectivity index (χ2n) is 7.56. The molecule has 0 fully saturated rings. The number of hydrogen-bond acceptors (Lipinski definition) is 3. The van der Waals surface area contributed by atoms with Crippen LogP contribution in [0.5, 0.6) is 0 Å². The van der Waals surface area contributed by atoms with E-state index in [1.807, 2.05) is 61.5 Å². The Morgan fingerprint density at radius 2 is 1.46 bits per heavy atom. The first-order chi connectivity index (χ1) is 12.2. The maximum Gasteiger partial charge on any atom is 0.190 e. The number of hydrogen-bond donors (Lipinski definition) is 0. The van der Waals surface area contributed by atoms with Gasteiger partial charge >= 0.3 is 0 Å². The van der Waals surface area contributed by atoms with Crippen LogP contribution in [0.3, 0.4) is 0 Å². The Bertz CT molecular complexity index is 977. The summed E-state index contributed by atoms with van der Waals surface area (Å²) >= 11 is 1.54. The lowest BCUT2D eigenvalue weighted by atomic mass is 9.87. The highest BCUT2D eigenvalue weighted by molar-refractivity contribution is 7.92. The van der Waals surface area contributed by atoms with Crippen LogP contribution in [-0.4, -0.2) is 8.42 Å². The molecule has 136 valence electrons. The fourth-order valence-electron chi connectivity index (χ4n) is 3.00. The summed E-state index contributed by atoms with van der Waals surface area (Å²) in [6.07, 6.45) is 0. The van der Waals surface area contributed by atoms with E-state index < -0.39 is 15.1 Å². The fourth-order valence-corrected chi connectivity index (χ4v) is 6.10. The van der Waals surface area contributed by atoms with E-state index in [4.69, 9.17) is 0 Å². The Hall–Kier alpha value is -1.91. The molecule has 0 spiro atoms. The average Bonchev–Trinajstić information content (AvgIpc) is 3.01. The topological polar surface area (TPSA) is 34.1 Å². The van der Waals surface area contributed by atoms with E-state index in [-0.39, 0.29) is 5.41 Å². The lowest BCUT2D eigenvalue weighted by Crippen LogP contribution is -2.15. The van der Waals surface area contributed by atoms with Gasteiger partial charge in [-0.05, 0) is 47.7 Å². The minimum Gasteiger partial charge on any atom is -0.223 e. The number of sulfone groups is 1. The van der Waals surface area contributed by atoms with Gasteiger partial charge in [0.1, 0.15) is 5.25 Å². The molecule has 0 aliphatic rings. The zero-order valence-corrected chi connectivity index (χ0v) is 17.2. The molecule has 3 aromatic rings. The first-order valence-electron chi connectivity index (χ1n) is 8.65. The minimum absolute atomic E-state index is 0.00795. The third-order valence-electron chi connectivity index (χ3n) is 4.48. The summed E-state index contributed by atoms with van der Waals surface area (Å²) in [7, 11) is -3.55. The molecule has 2 aromatic carbocycles. The molecular formula is C22H24O2S2. The smallest absolute Gasteiger partial charge is 0.190 e. The zero-order chi connectivity index (χ0) is 18.9. The van der Waals surface area contributed by atoms with Crippen molar-refractivity contribution >= 4 is 21.2 Å². The molecule has 1 atom stereocenters. The molecule has 0 radical (unpaired) electrons. The van der Waals surface area contributed by atoms with Crippen LogP contribution >= 0.6 is 11.3 Å². The molecule has 1 unspecified atom stereocenters. The highest BCUT2D eigenvalue weighted by atomic mass is 32.2. The SMILES string of the molecule is Cc1ccc(C(c2ccccc2)S(=O)(=O)c2ccc(C(C)(C)C)cc2)s1. The molecule has 0 aliphatic carbocycles. The Morgan fingerprint density at radius 1 is 0.846 bits per heavy atom. The summed E-state index contributed by atoms with van der Waals surface area (Å²) in [5.74, 6) is 0. The van der Waals surface area contributed by atoms with E-state index >= 15 is 0 Å². The molecule has 1 aromatic heterocycles. The van der Waals surface area contributed by atoms with Gasteiger partial charge in [0.2, 0.25) is 0 Å². The van der Waals surface area contributed by atoms with Crippen molar-refractivity contribution in [3.05, 3.63) is 87.6 Å². The number of benzene rings is 2. The summed E-state index contributed by atoms with van der Waals surface area (Å²) in [5, 5.41) is -0.678. The average molecular weight is 385 g/mol. The minimum atomic E-state index is -3.55. The van der Waals surface area contributed by atoms with Gasteiger partial charge in [-0.25, -0.2) is 8.42 Å². The normalized spacial score (nSPS) is 13.5. The van der Waals surface area contributed by atoms with Crippen molar-refractivity contribution in [2.45, 2.75) is 43.3 Å². The van der Waals surface area contributed by atoms with Crippen LogP contribution in [0, 0.1) is 6.92 Å². The standard InChI is InChI=1S/C22H24O2S2/c1-16-10-15-20(25-16)21(17-8-6-5-7-9-17)26(23,24)19-13-11-18(12-14-19)22(2,3)4/h5-15,21H,1-4H3. The van der Waals surface area contributed by atoms with E-state index in [2.05, 4.69) is 20.8 Å². The summed E-state index contributed by atoms with van der Waals surface area (Å²) in [5.41, 5.74) is 1.92. The van der Waals surface area contributed by atoms with Gasteiger partial charge in [0, 0.05) is 9.75 Å². The molecule has 0 saturated heterocycles. The van der Waals surface area contributed by atoms with Crippen molar-refractivity contribution in [2.24, 2.45) is 0 Å². The Balaban J connectivity index is 2.11. The summed E-state index contributed by atoms with van der Waals surface area (Å²) < 4.78 is 27.0. The maximum absolute atomic E-state index is 13.5. The molecule has 3 rings (SSSR count). The Morgan fingerprint density at radius 3 is 1.96 bits per heavy atom. The molecule has 26 heavy (non-hydrogen) atoms. The first-order valence-corrected chi connectivity index (χ1v) is 11.0. The molecule has 0 amide bonds. The molecule has 2 nitrogen and oxygen atoms in total. The Kier molecular flexibility index (Phi) is 5.09. The van der Waals surface area contributed by atoms with Crippen LogP contribution < -0.4 is 0 Å². The monoisotopic (exact) mass is 384 g/mol. The lowest BCUT2D eigenvalue weighted by Gasteiger charge is -2.21. The molecule has 4 heteroatoms. The van der Waals surface area contributed by atoms with Gasteiger partial charge in [-0.15, -0.1) is 11.3 Å². The predicted octanol–water partition coefficient (Wildman–Crippen LogP) is 5.92. The highest BCUT2D eigenvalue weighted by Crippen LogP contribution is 2.38. The van der Waals surface area contributed by atoms with Crippen LogP contribution in [0.1, 0.15) is 46.9 Å². The quantitative estimate of drug-likeness (QED) is 0.560. The largest absolute Gasteiger partial charge is 0.223 e. The predicted molar refractivity (Wildman–Crippen MR) is 110 cm³/mol. The van der Waals surface area contributed by atoms with Gasteiger partial charge in [-0.3, -0.25) is 0 Å². The second kappa shape index (κ2) is 7.01. The van der Waals surface area contributed by atoms with Crippen molar-refractivity contribution < 1.29 is 8.42 Å². The van der Waals surface area contributed by atoms with E-state index in [0.717, 1.165) is 20.9 Å². The molecular weight excluding hydrogens is 360 g/mol. The van der Waals surface area contributed by atoms with E-state index in [1.165, 1.54) is 0 Å². The third kappa shape index (κ3) is 3.76. The first kappa shape index (κ1) is 18.9. The number of rotatable bonds is 4. The van der Waals surface area contributed by atoms with Crippen LogP contribution in [-0.2, 0) is 15.3 Å². The van der Waals surface area contributed by atoms with Crippen LogP contribution in [0.15, 0.2) is 71.6 Å². The van der Waals surface area contributed by atoms with Crippen LogP contribution in [0.25, 0.3) is 0 Å². The number of thiophene rings is 1. The Labute approximate surface area is 160 Å². The highest BCUT2D eigenvalue weighted by Gasteiger charge is 2.32. The molecule has 0 bridgehead atoms. The van der Waals surface area contributed by atoms with Crippen molar-refractivity contribution in [2.75, 3.05) is 0 Å². The van der Waals surface area contributed by atoms with Gasteiger partial charge in [0.05, 0.1) is 4.90 Å². The number of aryl methyl sites for hydroxylation is 1.